The Bertz CT molecular complexity index is 908. The standard InChI is InChI=1S/C21H30N4O2S/c1-16(2)25-28(26,27)15-20-11-6-5-10-19(20)14-24-21(22-4)23-13-18-9-7-8-17(3)12-18/h5-12,16,25H,13-15H2,1-4H3,(H2,22,23,24). The summed E-state index contributed by atoms with van der Waals surface area (Å²) in [6.07, 6.45) is 0. The Morgan fingerprint density at radius 3 is 2.32 bits per heavy atom. The van der Waals surface area contributed by atoms with E-state index in [1.165, 1.54) is 11.1 Å². The van der Waals surface area contributed by atoms with E-state index in [1.54, 1.807) is 7.05 Å². The van der Waals surface area contributed by atoms with Gasteiger partial charge in [0.2, 0.25) is 10.0 Å². The van der Waals surface area contributed by atoms with Crippen molar-refractivity contribution >= 4 is 16.0 Å². The zero-order chi connectivity index (χ0) is 20.6. The fraction of sp³-hybridized carbons (Fsp3) is 0.381. The van der Waals surface area contributed by atoms with E-state index in [0.29, 0.717) is 19.0 Å². The average molecular weight is 403 g/mol. The Kier molecular flexibility index (Phi) is 8.02. The van der Waals surface area contributed by atoms with Gasteiger partial charge in [-0.15, -0.1) is 0 Å². The number of aryl methyl sites for hydroxylation is 1. The summed E-state index contributed by atoms with van der Waals surface area (Å²) in [6, 6.07) is 15.7. The zero-order valence-corrected chi connectivity index (χ0v) is 17.8. The lowest BCUT2D eigenvalue weighted by Gasteiger charge is -2.15. The summed E-state index contributed by atoms with van der Waals surface area (Å²) in [5.74, 6) is 0.623. The van der Waals surface area contributed by atoms with Crippen LogP contribution in [0.4, 0.5) is 0 Å². The molecule has 0 radical (unpaired) electrons. The Hall–Kier alpha value is -2.38. The maximum atomic E-state index is 12.3. The summed E-state index contributed by atoms with van der Waals surface area (Å²) in [6.45, 7) is 6.84. The van der Waals surface area contributed by atoms with Gasteiger partial charge in [-0.25, -0.2) is 13.1 Å². The number of sulfonamides is 1. The molecule has 0 aliphatic carbocycles. The van der Waals surface area contributed by atoms with Crippen LogP contribution < -0.4 is 15.4 Å². The lowest BCUT2D eigenvalue weighted by Crippen LogP contribution is -2.36. The van der Waals surface area contributed by atoms with Crippen molar-refractivity contribution in [1.29, 1.82) is 0 Å². The van der Waals surface area contributed by atoms with Crippen LogP contribution >= 0.6 is 0 Å². The highest BCUT2D eigenvalue weighted by Crippen LogP contribution is 2.12. The van der Waals surface area contributed by atoms with E-state index in [0.717, 1.165) is 11.1 Å². The number of hydrogen-bond acceptors (Lipinski definition) is 3. The van der Waals surface area contributed by atoms with Crippen molar-refractivity contribution in [1.82, 2.24) is 15.4 Å². The lowest BCUT2D eigenvalue weighted by atomic mass is 10.1. The maximum absolute atomic E-state index is 12.3. The molecule has 0 aromatic heterocycles. The highest BCUT2D eigenvalue weighted by Gasteiger charge is 2.15. The van der Waals surface area contributed by atoms with Crippen LogP contribution in [0.2, 0.25) is 0 Å². The SMILES string of the molecule is CN=C(NCc1cccc(C)c1)NCc1ccccc1CS(=O)(=O)NC(C)C. The van der Waals surface area contributed by atoms with Crippen molar-refractivity contribution in [3.05, 3.63) is 70.8 Å². The molecule has 0 atom stereocenters. The Morgan fingerprint density at radius 1 is 1.00 bits per heavy atom. The van der Waals surface area contributed by atoms with Crippen LogP contribution in [0.25, 0.3) is 0 Å². The highest BCUT2D eigenvalue weighted by molar-refractivity contribution is 7.88. The lowest BCUT2D eigenvalue weighted by molar-refractivity contribution is 0.568. The molecule has 7 heteroatoms. The third-order valence-corrected chi connectivity index (χ3v) is 5.61. The Morgan fingerprint density at radius 2 is 1.68 bits per heavy atom. The first-order valence-corrected chi connectivity index (χ1v) is 11.0. The molecule has 0 aliphatic heterocycles. The average Bonchev–Trinajstić information content (AvgIpc) is 2.61. The fourth-order valence-corrected chi connectivity index (χ4v) is 4.38. The van der Waals surface area contributed by atoms with Crippen LogP contribution in [-0.2, 0) is 28.9 Å². The zero-order valence-electron chi connectivity index (χ0n) is 17.0. The van der Waals surface area contributed by atoms with Crippen LogP contribution in [0.3, 0.4) is 0 Å². The Labute approximate surface area is 168 Å². The molecule has 0 unspecified atom stereocenters. The summed E-state index contributed by atoms with van der Waals surface area (Å²) in [5.41, 5.74) is 4.09. The van der Waals surface area contributed by atoms with E-state index in [9.17, 15) is 8.42 Å². The van der Waals surface area contributed by atoms with E-state index in [1.807, 2.05) is 44.2 Å². The monoisotopic (exact) mass is 402 g/mol. The molecule has 0 fully saturated rings. The van der Waals surface area contributed by atoms with Gasteiger partial charge in [-0.1, -0.05) is 54.1 Å². The van der Waals surface area contributed by atoms with Crippen molar-refractivity contribution in [3.8, 4) is 0 Å². The van der Waals surface area contributed by atoms with E-state index < -0.39 is 10.0 Å². The number of benzene rings is 2. The van der Waals surface area contributed by atoms with Gasteiger partial charge in [-0.3, -0.25) is 4.99 Å². The Balaban J connectivity index is 1.99. The second kappa shape index (κ2) is 10.2. The number of aliphatic imine (C=N–C) groups is 1. The van der Waals surface area contributed by atoms with Crippen molar-refractivity contribution in [2.45, 2.75) is 45.7 Å². The molecule has 3 N–H and O–H groups in total. The number of nitrogens with one attached hydrogen (secondary N) is 3. The van der Waals surface area contributed by atoms with Gasteiger partial charge in [-0.05, 0) is 37.5 Å². The van der Waals surface area contributed by atoms with E-state index >= 15 is 0 Å². The molecule has 2 aromatic carbocycles. The largest absolute Gasteiger partial charge is 0.352 e. The molecular formula is C21H30N4O2S. The van der Waals surface area contributed by atoms with Crippen LogP contribution in [0.1, 0.15) is 36.1 Å². The van der Waals surface area contributed by atoms with Crippen LogP contribution in [-0.4, -0.2) is 27.5 Å². The fourth-order valence-electron chi connectivity index (χ4n) is 2.88. The second-order valence-corrected chi connectivity index (χ2v) is 8.82. The van der Waals surface area contributed by atoms with Gasteiger partial charge in [0.25, 0.3) is 0 Å². The summed E-state index contributed by atoms with van der Waals surface area (Å²) in [5, 5.41) is 6.55. The van der Waals surface area contributed by atoms with Gasteiger partial charge in [0.15, 0.2) is 5.96 Å². The molecule has 6 nitrogen and oxygen atoms in total. The number of guanidine groups is 1. The van der Waals surface area contributed by atoms with Crippen LogP contribution in [0, 0.1) is 6.92 Å². The molecule has 0 heterocycles. The molecule has 0 aliphatic rings. The minimum absolute atomic E-state index is 0.0433. The highest BCUT2D eigenvalue weighted by atomic mass is 32.2. The van der Waals surface area contributed by atoms with Gasteiger partial charge >= 0.3 is 0 Å². The second-order valence-electron chi connectivity index (χ2n) is 7.07. The number of nitrogens with zero attached hydrogens (tertiary/aromatic N) is 1. The molecule has 0 amide bonds. The molecule has 0 spiro atoms. The molecule has 2 aromatic rings. The molecule has 0 saturated heterocycles. The van der Waals surface area contributed by atoms with Crippen molar-refractivity contribution in [2.24, 2.45) is 4.99 Å². The molecule has 152 valence electrons. The third kappa shape index (κ3) is 7.32. The quantitative estimate of drug-likeness (QED) is 0.468. The van der Waals surface area contributed by atoms with Crippen molar-refractivity contribution in [3.63, 3.8) is 0 Å². The predicted octanol–water partition coefficient (Wildman–Crippen LogP) is 2.69. The molecular weight excluding hydrogens is 372 g/mol. The maximum Gasteiger partial charge on any atom is 0.216 e. The van der Waals surface area contributed by atoms with Crippen LogP contribution in [0.15, 0.2) is 53.5 Å². The van der Waals surface area contributed by atoms with E-state index in [4.69, 9.17) is 0 Å². The molecule has 28 heavy (non-hydrogen) atoms. The normalized spacial score (nSPS) is 12.2. The first kappa shape index (κ1) is 21.9. The summed E-state index contributed by atoms with van der Waals surface area (Å²) in [4.78, 5) is 4.25. The van der Waals surface area contributed by atoms with Crippen molar-refractivity contribution < 1.29 is 8.42 Å². The first-order valence-electron chi connectivity index (χ1n) is 9.36. The van der Waals surface area contributed by atoms with Gasteiger partial charge in [-0.2, -0.15) is 0 Å². The predicted molar refractivity (Wildman–Crippen MR) is 116 cm³/mol. The summed E-state index contributed by atoms with van der Waals surface area (Å²) >= 11 is 0. The molecule has 2 rings (SSSR count). The smallest absolute Gasteiger partial charge is 0.216 e. The molecule has 0 bridgehead atoms. The van der Waals surface area contributed by atoms with Gasteiger partial charge < -0.3 is 10.6 Å². The number of rotatable bonds is 8. The minimum Gasteiger partial charge on any atom is -0.352 e. The third-order valence-electron chi connectivity index (χ3n) is 4.09. The van der Waals surface area contributed by atoms with Crippen molar-refractivity contribution in [2.75, 3.05) is 7.05 Å². The first-order chi connectivity index (χ1) is 13.3. The topological polar surface area (TPSA) is 82.6 Å². The summed E-state index contributed by atoms with van der Waals surface area (Å²) < 4.78 is 27.2. The minimum atomic E-state index is -3.37. The van der Waals surface area contributed by atoms with E-state index in [-0.39, 0.29) is 11.8 Å². The van der Waals surface area contributed by atoms with Gasteiger partial charge in [0.05, 0.1) is 5.75 Å². The van der Waals surface area contributed by atoms with E-state index in [2.05, 4.69) is 45.5 Å². The van der Waals surface area contributed by atoms with Gasteiger partial charge in [0, 0.05) is 26.2 Å². The van der Waals surface area contributed by atoms with Crippen LogP contribution in [0.5, 0.6) is 0 Å². The van der Waals surface area contributed by atoms with Gasteiger partial charge in [0.1, 0.15) is 0 Å². The number of hydrogen-bond donors (Lipinski definition) is 3. The molecule has 0 saturated carbocycles. The summed E-state index contributed by atoms with van der Waals surface area (Å²) in [7, 11) is -1.66.